The molecular formula is C29H29N7O. The third kappa shape index (κ3) is 5.78. The van der Waals surface area contributed by atoms with Gasteiger partial charge < -0.3 is 10.6 Å². The van der Waals surface area contributed by atoms with Crippen LogP contribution >= 0.6 is 0 Å². The van der Waals surface area contributed by atoms with Gasteiger partial charge in [0.2, 0.25) is 0 Å². The molecule has 1 aliphatic carbocycles. The molecule has 5 rings (SSSR count). The van der Waals surface area contributed by atoms with Crippen LogP contribution in [0.5, 0.6) is 0 Å². The van der Waals surface area contributed by atoms with Crippen LogP contribution in [0, 0.1) is 11.3 Å². The third-order valence-electron chi connectivity index (χ3n) is 6.73. The van der Waals surface area contributed by atoms with Crippen LogP contribution < -0.4 is 15.5 Å². The summed E-state index contributed by atoms with van der Waals surface area (Å²) in [6.45, 7) is 0. The van der Waals surface area contributed by atoms with Crippen molar-refractivity contribution in [2.45, 2.75) is 37.8 Å². The number of hydrogen-bond donors (Lipinski definition) is 2. The van der Waals surface area contributed by atoms with E-state index in [9.17, 15) is 4.79 Å². The van der Waals surface area contributed by atoms with Crippen molar-refractivity contribution in [2.75, 3.05) is 15.5 Å². The fraction of sp³-hybridized carbons (Fsp3) is 0.241. The van der Waals surface area contributed by atoms with Crippen molar-refractivity contribution in [3.8, 4) is 17.2 Å². The summed E-state index contributed by atoms with van der Waals surface area (Å²) in [5.41, 5.74) is 4.28. The van der Waals surface area contributed by atoms with Gasteiger partial charge in [-0.3, -0.25) is 9.58 Å². The summed E-state index contributed by atoms with van der Waals surface area (Å²) in [5.74, 6) is 0.770. The summed E-state index contributed by atoms with van der Waals surface area (Å²) >= 11 is 0. The van der Waals surface area contributed by atoms with Gasteiger partial charge in [-0.1, -0.05) is 30.3 Å². The monoisotopic (exact) mass is 491 g/mol. The minimum Gasteiger partial charge on any atom is -0.367 e. The Labute approximate surface area is 216 Å². The lowest BCUT2D eigenvalue weighted by molar-refractivity contribution is 0.251. The van der Waals surface area contributed by atoms with Crippen molar-refractivity contribution < 1.29 is 4.79 Å². The standard InChI is InChI=1S/C29H29N7O/c1-35-20-23(19-32-35)22-8-12-26(13-9-22)36(29(37)34-24-5-3-2-4-6-24)27-14-10-25(11-15-27)33-28-16-7-21(17-30)18-31-28/h2-9,12-13,16,18-20,25,27H,10-11,14-15H2,1H3,(H,31,33)(H,34,37). The Morgan fingerprint density at radius 3 is 2.35 bits per heavy atom. The highest BCUT2D eigenvalue weighted by molar-refractivity contribution is 6.02. The number of para-hydroxylation sites is 1. The summed E-state index contributed by atoms with van der Waals surface area (Å²) < 4.78 is 1.78. The quantitative estimate of drug-likeness (QED) is 0.354. The number of nitriles is 1. The Bertz CT molecular complexity index is 1370. The normalized spacial score (nSPS) is 17.0. The van der Waals surface area contributed by atoms with Gasteiger partial charge >= 0.3 is 6.03 Å². The molecule has 37 heavy (non-hydrogen) atoms. The van der Waals surface area contributed by atoms with E-state index in [-0.39, 0.29) is 18.1 Å². The molecule has 0 saturated heterocycles. The lowest BCUT2D eigenvalue weighted by Gasteiger charge is -2.37. The Kier molecular flexibility index (Phi) is 7.13. The van der Waals surface area contributed by atoms with E-state index < -0.39 is 0 Å². The first kappa shape index (κ1) is 24.1. The fourth-order valence-corrected chi connectivity index (χ4v) is 4.82. The number of carbonyl (C=O) groups excluding carboxylic acids is 1. The number of amides is 2. The van der Waals surface area contributed by atoms with Crippen LogP contribution in [0.15, 0.2) is 85.3 Å². The zero-order valence-electron chi connectivity index (χ0n) is 20.7. The number of benzene rings is 2. The van der Waals surface area contributed by atoms with Crippen LogP contribution in [-0.4, -0.2) is 32.9 Å². The molecule has 0 bridgehead atoms. The summed E-state index contributed by atoms with van der Waals surface area (Å²) in [4.78, 5) is 19.8. The van der Waals surface area contributed by atoms with Crippen molar-refractivity contribution >= 4 is 23.2 Å². The molecule has 2 aromatic heterocycles. The molecule has 2 heterocycles. The number of nitrogens with zero attached hydrogens (tertiary/aromatic N) is 5. The smallest absolute Gasteiger partial charge is 0.326 e. The number of carbonyl (C=O) groups is 1. The number of anilines is 3. The van der Waals surface area contributed by atoms with Crippen molar-refractivity contribution in [1.29, 1.82) is 5.26 Å². The van der Waals surface area contributed by atoms with Crippen LogP contribution in [0.4, 0.5) is 22.0 Å². The second kappa shape index (κ2) is 11.0. The Morgan fingerprint density at radius 2 is 1.73 bits per heavy atom. The highest BCUT2D eigenvalue weighted by atomic mass is 16.2. The molecule has 0 atom stereocenters. The van der Waals surface area contributed by atoms with E-state index in [4.69, 9.17) is 5.26 Å². The number of pyridine rings is 1. The SMILES string of the molecule is Cn1cc(-c2ccc(N(C(=O)Nc3ccccc3)C3CCC(Nc4ccc(C#N)cn4)CC3)cc2)cn1. The van der Waals surface area contributed by atoms with Gasteiger partial charge in [-0.2, -0.15) is 10.4 Å². The number of hydrogen-bond acceptors (Lipinski definition) is 5. The molecule has 2 N–H and O–H groups in total. The van der Waals surface area contributed by atoms with Crippen LogP contribution in [0.3, 0.4) is 0 Å². The van der Waals surface area contributed by atoms with E-state index in [0.717, 1.165) is 54.0 Å². The first-order chi connectivity index (χ1) is 18.1. The Morgan fingerprint density at radius 1 is 0.973 bits per heavy atom. The van der Waals surface area contributed by atoms with Crippen molar-refractivity contribution in [2.24, 2.45) is 7.05 Å². The zero-order chi connectivity index (χ0) is 25.6. The van der Waals surface area contributed by atoms with Crippen molar-refractivity contribution in [3.63, 3.8) is 0 Å². The summed E-state index contributed by atoms with van der Waals surface area (Å²) in [6, 6.07) is 23.6. The molecule has 8 nitrogen and oxygen atoms in total. The first-order valence-electron chi connectivity index (χ1n) is 12.5. The van der Waals surface area contributed by atoms with E-state index in [1.807, 2.05) is 85.0 Å². The molecule has 0 aliphatic heterocycles. The lowest BCUT2D eigenvalue weighted by Crippen LogP contribution is -2.46. The molecule has 2 amide bonds. The van der Waals surface area contributed by atoms with E-state index in [2.05, 4.69) is 26.8 Å². The maximum Gasteiger partial charge on any atom is 0.326 e. The summed E-state index contributed by atoms with van der Waals surface area (Å²) in [5, 5.41) is 19.8. The number of urea groups is 1. The molecule has 4 aromatic rings. The minimum absolute atomic E-state index is 0.0694. The van der Waals surface area contributed by atoms with E-state index in [1.165, 1.54) is 0 Å². The average Bonchev–Trinajstić information content (AvgIpc) is 3.37. The van der Waals surface area contributed by atoms with Crippen LogP contribution in [0.25, 0.3) is 11.1 Å². The van der Waals surface area contributed by atoms with Crippen molar-refractivity contribution in [3.05, 3.63) is 90.9 Å². The third-order valence-corrected chi connectivity index (χ3v) is 6.73. The van der Waals surface area contributed by atoms with Gasteiger partial charge in [0.15, 0.2) is 0 Å². The molecule has 2 aromatic carbocycles. The number of aryl methyl sites for hydroxylation is 1. The summed E-state index contributed by atoms with van der Waals surface area (Å²) in [7, 11) is 1.90. The molecule has 1 saturated carbocycles. The molecule has 0 unspecified atom stereocenters. The van der Waals surface area contributed by atoms with Gasteiger partial charge in [-0.15, -0.1) is 0 Å². The molecule has 8 heteroatoms. The van der Waals surface area contributed by atoms with Crippen LogP contribution in [0.2, 0.25) is 0 Å². The predicted octanol–water partition coefficient (Wildman–Crippen LogP) is 5.82. The van der Waals surface area contributed by atoms with Gasteiger partial charge in [0.1, 0.15) is 11.9 Å². The number of rotatable bonds is 6. The zero-order valence-corrected chi connectivity index (χ0v) is 20.7. The van der Waals surface area contributed by atoms with Gasteiger partial charge in [0.05, 0.1) is 11.8 Å². The largest absolute Gasteiger partial charge is 0.367 e. The van der Waals surface area contributed by atoms with Crippen LogP contribution in [0.1, 0.15) is 31.2 Å². The highest BCUT2D eigenvalue weighted by Gasteiger charge is 2.30. The summed E-state index contributed by atoms with van der Waals surface area (Å²) in [6.07, 6.45) is 8.95. The van der Waals surface area contributed by atoms with Gasteiger partial charge in [0.25, 0.3) is 0 Å². The maximum absolute atomic E-state index is 13.6. The fourth-order valence-electron chi connectivity index (χ4n) is 4.82. The molecule has 0 radical (unpaired) electrons. The lowest BCUT2D eigenvalue weighted by atomic mass is 9.89. The topological polar surface area (TPSA) is 98.9 Å². The minimum atomic E-state index is -0.134. The Hall–Kier alpha value is -4.64. The number of aromatic nitrogens is 3. The van der Waals surface area contributed by atoms with Gasteiger partial charge in [-0.05, 0) is 67.6 Å². The Balaban J connectivity index is 1.32. The molecule has 1 fully saturated rings. The number of nitrogens with one attached hydrogen (secondary N) is 2. The van der Waals surface area contributed by atoms with E-state index in [1.54, 1.807) is 16.9 Å². The molecular weight excluding hydrogens is 462 g/mol. The van der Waals surface area contributed by atoms with E-state index in [0.29, 0.717) is 5.56 Å². The van der Waals surface area contributed by atoms with Gasteiger partial charge in [-0.25, -0.2) is 9.78 Å². The molecule has 1 aliphatic rings. The van der Waals surface area contributed by atoms with Gasteiger partial charge in [0, 0.05) is 48.5 Å². The first-order valence-corrected chi connectivity index (χ1v) is 12.5. The molecule has 0 spiro atoms. The predicted molar refractivity (Wildman–Crippen MR) is 145 cm³/mol. The second-order valence-electron chi connectivity index (χ2n) is 9.31. The molecule has 186 valence electrons. The highest BCUT2D eigenvalue weighted by Crippen LogP contribution is 2.31. The van der Waals surface area contributed by atoms with Crippen molar-refractivity contribution in [1.82, 2.24) is 14.8 Å². The second-order valence-corrected chi connectivity index (χ2v) is 9.31. The van der Waals surface area contributed by atoms with E-state index >= 15 is 0 Å². The average molecular weight is 492 g/mol. The van der Waals surface area contributed by atoms with Crippen LogP contribution in [-0.2, 0) is 7.05 Å². The maximum atomic E-state index is 13.6.